The zero-order valence-electron chi connectivity index (χ0n) is 17.1. The zero-order chi connectivity index (χ0) is 20.4. The fourth-order valence-electron chi connectivity index (χ4n) is 3.87. The molecular formula is C22H26N4O2S. The van der Waals surface area contributed by atoms with Crippen molar-refractivity contribution in [2.45, 2.75) is 51.4 Å². The van der Waals surface area contributed by atoms with Gasteiger partial charge in [-0.1, -0.05) is 30.0 Å². The summed E-state index contributed by atoms with van der Waals surface area (Å²) in [5, 5.41) is 9.20. The molecule has 1 fully saturated rings. The van der Waals surface area contributed by atoms with E-state index in [2.05, 4.69) is 21.7 Å². The molecule has 1 saturated heterocycles. The van der Waals surface area contributed by atoms with Crippen LogP contribution >= 0.6 is 11.8 Å². The molecule has 152 valence electrons. The van der Waals surface area contributed by atoms with Crippen LogP contribution in [0.3, 0.4) is 0 Å². The second-order valence-corrected chi connectivity index (χ2v) is 8.39. The molecule has 0 N–H and O–H groups in total. The number of nitrogens with zero attached hydrogens (tertiary/aromatic N) is 4. The monoisotopic (exact) mass is 410 g/mol. The van der Waals surface area contributed by atoms with E-state index in [9.17, 15) is 4.79 Å². The van der Waals surface area contributed by atoms with E-state index in [0.717, 1.165) is 59.6 Å². The molecule has 2 aromatic heterocycles. The number of carbonyl (C=O) groups is 1. The average molecular weight is 411 g/mol. The van der Waals surface area contributed by atoms with Crippen molar-refractivity contribution in [2.75, 3.05) is 12.4 Å². The molecule has 0 spiro atoms. The molecule has 1 aliphatic rings. The van der Waals surface area contributed by atoms with E-state index in [0.29, 0.717) is 5.75 Å². The lowest BCUT2D eigenvalue weighted by molar-refractivity contribution is 0.0957. The molecule has 0 unspecified atom stereocenters. The maximum absolute atomic E-state index is 13.0. The fourth-order valence-corrected chi connectivity index (χ4v) is 4.76. The van der Waals surface area contributed by atoms with Crippen molar-refractivity contribution in [3.8, 4) is 5.69 Å². The third-order valence-electron chi connectivity index (χ3n) is 5.43. The number of benzene rings is 1. The topological polar surface area (TPSA) is 61.9 Å². The molecule has 1 aromatic carbocycles. The second kappa shape index (κ2) is 8.55. The molecule has 7 heteroatoms. The molecule has 0 saturated carbocycles. The molecule has 4 rings (SSSR count). The molecule has 0 bridgehead atoms. The Morgan fingerprint density at radius 2 is 2.00 bits per heavy atom. The van der Waals surface area contributed by atoms with E-state index in [1.54, 1.807) is 0 Å². The van der Waals surface area contributed by atoms with Gasteiger partial charge in [-0.15, -0.1) is 10.2 Å². The maximum Gasteiger partial charge on any atom is 0.196 e. The number of aryl methyl sites for hydroxylation is 2. The fraction of sp³-hybridized carbons (Fsp3) is 0.409. The molecule has 29 heavy (non-hydrogen) atoms. The van der Waals surface area contributed by atoms with Gasteiger partial charge in [-0.3, -0.25) is 9.36 Å². The van der Waals surface area contributed by atoms with Crippen LogP contribution in [0, 0.1) is 20.8 Å². The number of ketones is 1. The normalized spacial score (nSPS) is 16.4. The minimum atomic E-state index is 0.113. The van der Waals surface area contributed by atoms with Crippen LogP contribution in [-0.2, 0) is 11.3 Å². The van der Waals surface area contributed by atoms with Gasteiger partial charge in [0.25, 0.3) is 0 Å². The molecule has 1 atom stereocenters. The zero-order valence-corrected chi connectivity index (χ0v) is 17.9. The van der Waals surface area contributed by atoms with Crippen LogP contribution in [0.4, 0.5) is 0 Å². The van der Waals surface area contributed by atoms with E-state index in [4.69, 9.17) is 4.74 Å². The number of Topliss-reactive ketones (excluding diaryl/α,β-unsaturated/α-hetero) is 1. The van der Waals surface area contributed by atoms with Gasteiger partial charge in [0.15, 0.2) is 10.9 Å². The summed E-state index contributed by atoms with van der Waals surface area (Å²) in [5.41, 5.74) is 3.91. The van der Waals surface area contributed by atoms with Gasteiger partial charge < -0.3 is 9.30 Å². The number of carbonyl (C=O) groups excluding carboxylic acids is 1. The van der Waals surface area contributed by atoms with Gasteiger partial charge >= 0.3 is 0 Å². The van der Waals surface area contributed by atoms with Crippen molar-refractivity contribution >= 4 is 17.5 Å². The SMILES string of the molecule is Cc1cc(C(=O)CSc2nnc(C)n2-c2ccccc2)c(C)n1C[C@@H]1CCCO1. The lowest BCUT2D eigenvalue weighted by Gasteiger charge is -2.14. The average Bonchev–Trinajstić information content (AvgIpc) is 3.43. The van der Waals surface area contributed by atoms with E-state index >= 15 is 0 Å². The van der Waals surface area contributed by atoms with Gasteiger partial charge in [0.1, 0.15) is 5.82 Å². The first-order valence-corrected chi connectivity index (χ1v) is 10.9. The van der Waals surface area contributed by atoms with Crippen molar-refractivity contribution in [1.29, 1.82) is 0 Å². The van der Waals surface area contributed by atoms with Crippen LogP contribution in [0.5, 0.6) is 0 Å². The van der Waals surface area contributed by atoms with Crippen LogP contribution < -0.4 is 0 Å². The quantitative estimate of drug-likeness (QED) is 0.433. The molecule has 0 amide bonds. The minimum Gasteiger partial charge on any atom is -0.376 e. The summed E-state index contributed by atoms with van der Waals surface area (Å²) in [7, 11) is 0. The van der Waals surface area contributed by atoms with E-state index in [1.165, 1.54) is 11.8 Å². The molecule has 6 nitrogen and oxygen atoms in total. The standard InChI is InChI=1S/C22H26N4O2S/c1-15-12-20(16(2)25(15)13-19-10-7-11-28-19)21(27)14-29-22-24-23-17(3)26(22)18-8-5-4-6-9-18/h4-6,8-9,12,19H,7,10-11,13-14H2,1-3H3/t19-/m0/s1. The summed E-state index contributed by atoms with van der Waals surface area (Å²) in [6.45, 7) is 7.66. The Bertz CT molecular complexity index is 1000. The van der Waals surface area contributed by atoms with Crippen molar-refractivity contribution in [2.24, 2.45) is 0 Å². The minimum absolute atomic E-state index is 0.113. The summed E-state index contributed by atoms with van der Waals surface area (Å²) in [5.74, 6) is 1.25. The smallest absolute Gasteiger partial charge is 0.196 e. The second-order valence-electron chi connectivity index (χ2n) is 7.44. The number of hydrogen-bond acceptors (Lipinski definition) is 5. The van der Waals surface area contributed by atoms with Crippen LogP contribution in [0.2, 0.25) is 0 Å². The van der Waals surface area contributed by atoms with Gasteiger partial charge in [-0.05, 0) is 51.8 Å². The first-order valence-electron chi connectivity index (χ1n) is 9.96. The highest BCUT2D eigenvalue weighted by Crippen LogP contribution is 2.25. The Morgan fingerprint density at radius 3 is 2.72 bits per heavy atom. The van der Waals surface area contributed by atoms with Crippen molar-refractivity contribution < 1.29 is 9.53 Å². The Morgan fingerprint density at radius 1 is 1.21 bits per heavy atom. The number of thioether (sulfide) groups is 1. The number of ether oxygens (including phenoxy) is 1. The molecular weight excluding hydrogens is 384 g/mol. The van der Waals surface area contributed by atoms with Crippen LogP contribution in [0.25, 0.3) is 5.69 Å². The Hall–Kier alpha value is -2.38. The van der Waals surface area contributed by atoms with Crippen LogP contribution in [0.15, 0.2) is 41.6 Å². The molecule has 0 aliphatic carbocycles. The van der Waals surface area contributed by atoms with Crippen molar-refractivity contribution in [3.63, 3.8) is 0 Å². The predicted molar refractivity (Wildman–Crippen MR) is 114 cm³/mol. The predicted octanol–water partition coefficient (Wildman–Crippen LogP) is 4.15. The number of hydrogen-bond donors (Lipinski definition) is 0. The molecule has 1 aliphatic heterocycles. The summed E-state index contributed by atoms with van der Waals surface area (Å²) in [6, 6.07) is 12.0. The largest absolute Gasteiger partial charge is 0.376 e. The lowest BCUT2D eigenvalue weighted by Crippen LogP contribution is -2.17. The Labute approximate surface area is 175 Å². The highest BCUT2D eigenvalue weighted by molar-refractivity contribution is 7.99. The van der Waals surface area contributed by atoms with Gasteiger partial charge in [0.05, 0.1) is 11.9 Å². The van der Waals surface area contributed by atoms with E-state index < -0.39 is 0 Å². The number of aromatic nitrogens is 4. The highest BCUT2D eigenvalue weighted by Gasteiger charge is 2.22. The molecule has 3 aromatic rings. The summed E-state index contributed by atoms with van der Waals surface area (Å²) in [4.78, 5) is 13.0. The lowest BCUT2D eigenvalue weighted by atomic mass is 10.2. The van der Waals surface area contributed by atoms with Gasteiger partial charge in [0.2, 0.25) is 0 Å². The third kappa shape index (κ3) is 4.16. The van der Waals surface area contributed by atoms with Crippen molar-refractivity contribution in [1.82, 2.24) is 19.3 Å². The molecule has 3 heterocycles. The highest BCUT2D eigenvalue weighted by atomic mass is 32.2. The van der Waals surface area contributed by atoms with E-state index in [1.807, 2.05) is 54.8 Å². The van der Waals surface area contributed by atoms with Gasteiger partial charge in [-0.2, -0.15) is 0 Å². The van der Waals surface area contributed by atoms with E-state index in [-0.39, 0.29) is 11.9 Å². The van der Waals surface area contributed by atoms with Crippen LogP contribution in [-0.4, -0.2) is 43.6 Å². The van der Waals surface area contributed by atoms with Crippen molar-refractivity contribution in [3.05, 3.63) is 59.2 Å². The molecule has 0 radical (unpaired) electrons. The van der Waals surface area contributed by atoms with Gasteiger partial charge in [0, 0.05) is 35.8 Å². The summed E-state index contributed by atoms with van der Waals surface area (Å²) in [6.07, 6.45) is 2.46. The first-order chi connectivity index (χ1) is 14.0. The van der Waals surface area contributed by atoms with Crippen LogP contribution in [0.1, 0.15) is 40.4 Å². The summed E-state index contributed by atoms with van der Waals surface area (Å²) < 4.78 is 9.97. The van der Waals surface area contributed by atoms with Gasteiger partial charge in [-0.25, -0.2) is 0 Å². The maximum atomic E-state index is 13.0. The summed E-state index contributed by atoms with van der Waals surface area (Å²) >= 11 is 1.43. The first kappa shape index (κ1) is 19.9. The third-order valence-corrected chi connectivity index (χ3v) is 6.36. The number of para-hydroxylation sites is 1. The number of rotatable bonds is 7. The Balaban J connectivity index is 1.49. The Kier molecular flexibility index (Phi) is 5.87.